The lowest BCUT2D eigenvalue weighted by atomic mass is 10.1. The molecule has 0 bridgehead atoms. The van der Waals surface area contributed by atoms with Crippen molar-refractivity contribution in [1.29, 1.82) is 0 Å². The molecule has 1 heterocycles. The summed E-state index contributed by atoms with van der Waals surface area (Å²) in [5, 5.41) is 11.0. The van der Waals surface area contributed by atoms with E-state index in [0.29, 0.717) is 17.3 Å². The van der Waals surface area contributed by atoms with E-state index in [1.165, 1.54) is 48.5 Å². The average molecular weight is 489 g/mol. The molecule has 2 aromatic rings. The largest absolute Gasteiger partial charge is 0.478 e. The fraction of sp³-hybridized carbons (Fsp3) is 0.136. The molecule has 0 saturated carbocycles. The zero-order valence-corrected chi connectivity index (χ0v) is 18.7. The molecular formula is C22H17ClN2O7S. The average Bonchev–Trinajstić information content (AvgIpc) is 3.03. The highest BCUT2D eigenvalue weighted by atomic mass is 35.5. The molecule has 11 heteroatoms. The summed E-state index contributed by atoms with van der Waals surface area (Å²) < 4.78 is 4.91. The number of carbonyl (C=O) groups excluding carboxylic acids is 4. The molecule has 0 aromatic heterocycles. The minimum atomic E-state index is -1.08. The van der Waals surface area contributed by atoms with Crippen LogP contribution < -0.4 is 5.32 Å². The SMILES string of the molecule is CCOC(=O)c1cc(NC(=O)CN2C(=O)S/C(=C/c3ccc(C(=O)O)cc3)C2=O)ccc1Cl. The number of carbonyl (C=O) groups is 5. The summed E-state index contributed by atoms with van der Waals surface area (Å²) >= 11 is 6.67. The van der Waals surface area contributed by atoms with Crippen molar-refractivity contribution in [2.45, 2.75) is 6.92 Å². The van der Waals surface area contributed by atoms with E-state index >= 15 is 0 Å². The van der Waals surface area contributed by atoms with Crippen molar-refractivity contribution in [3.63, 3.8) is 0 Å². The molecule has 170 valence electrons. The zero-order chi connectivity index (χ0) is 24.1. The van der Waals surface area contributed by atoms with Gasteiger partial charge in [0.05, 0.1) is 27.7 Å². The Balaban J connectivity index is 1.68. The van der Waals surface area contributed by atoms with Gasteiger partial charge in [0.15, 0.2) is 0 Å². The van der Waals surface area contributed by atoms with Gasteiger partial charge in [-0.05, 0) is 60.7 Å². The number of rotatable bonds is 7. The van der Waals surface area contributed by atoms with Crippen molar-refractivity contribution in [2.24, 2.45) is 0 Å². The Bertz CT molecular complexity index is 1180. The summed E-state index contributed by atoms with van der Waals surface area (Å²) in [5.74, 6) is -3.03. The van der Waals surface area contributed by atoms with Crippen molar-refractivity contribution in [2.75, 3.05) is 18.5 Å². The summed E-state index contributed by atoms with van der Waals surface area (Å²) in [6.45, 7) is 1.27. The van der Waals surface area contributed by atoms with Gasteiger partial charge in [-0.2, -0.15) is 0 Å². The van der Waals surface area contributed by atoms with E-state index in [9.17, 15) is 24.0 Å². The maximum Gasteiger partial charge on any atom is 0.339 e. The van der Waals surface area contributed by atoms with Gasteiger partial charge in [0.2, 0.25) is 5.91 Å². The number of carboxylic acid groups (broad SMARTS) is 1. The van der Waals surface area contributed by atoms with Gasteiger partial charge >= 0.3 is 11.9 Å². The Hall–Kier alpha value is -3.63. The molecule has 1 aliphatic heterocycles. The molecule has 0 atom stereocenters. The van der Waals surface area contributed by atoms with E-state index in [-0.39, 0.29) is 33.3 Å². The standard InChI is InChI=1S/C22H17ClN2O7S/c1-2-32-21(30)15-10-14(7-8-16(15)23)24-18(26)11-25-19(27)17(33-22(25)31)9-12-3-5-13(6-4-12)20(28)29/h3-10H,2,11H2,1H3,(H,24,26)(H,28,29)/b17-9+. The number of carboxylic acids is 1. The van der Waals surface area contributed by atoms with Crippen LogP contribution in [-0.4, -0.2) is 52.2 Å². The van der Waals surface area contributed by atoms with Crippen molar-refractivity contribution in [1.82, 2.24) is 4.90 Å². The number of anilines is 1. The van der Waals surface area contributed by atoms with Gasteiger partial charge in [0.25, 0.3) is 11.1 Å². The second-order valence-corrected chi connectivity index (χ2v) is 8.06. The first-order valence-corrected chi connectivity index (χ1v) is 10.7. The molecule has 1 fully saturated rings. The summed E-state index contributed by atoms with van der Waals surface area (Å²) in [7, 11) is 0. The predicted molar refractivity (Wildman–Crippen MR) is 122 cm³/mol. The Kier molecular flexibility index (Phi) is 7.52. The summed E-state index contributed by atoms with van der Waals surface area (Å²) in [6.07, 6.45) is 1.44. The number of halogens is 1. The molecule has 2 N–H and O–H groups in total. The summed E-state index contributed by atoms with van der Waals surface area (Å²) in [5.41, 5.74) is 0.931. The fourth-order valence-corrected chi connectivity index (χ4v) is 3.86. The first-order valence-electron chi connectivity index (χ1n) is 9.55. The van der Waals surface area contributed by atoms with Gasteiger partial charge in [-0.3, -0.25) is 19.3 Å². The van der Waals surface area contributed by atoms with Crippen LogP contribution in [0.15, 0.2) is 47.4 Å². The Morgan fingerprint density at radius 2 is 1.85 bits per heavy atom. The number of nitrogens with one attached hydrogen (secondary N) is 1. The number of hydrogen-bond donors (Lipinski definition) is 2. The fourth-order valence-electron chi connectivity index (χ4n) is 2.82. The Morgan fingerprint density at radius 3 is 2.48 bits per heavy atom. The van der Waals surface area contributed by atoms with Gasteiger partial charge < -0.3 is 15.2 Å². The van der Waals surface area contributed by atoms with E-state index in [4.69, 9.17) is 21.4 Å². The van der Waals surface area contributed by atoms with Crippen LogP contribution >= 0.6 is 23.4 Å². The molecular weight excluding hydrogens is 472 g/mol. The van der Waals surface area contributed by atoms with Crippen LogP contribution in [0.25, 0.3) is 6.08 Å². The molecule has 3 rings (SSSR count). The predicted octanol–water partition coefficient (Wildman–Crippen LogP) is 3.89. The molecule has 1 aliphatic rings. The van der Waals surface area contributed by atoms with Crippen LogP contribution in [0.2, 0.25) is 5.02 Å². The molecule has 33 heavy (non-hydrogen) atoms. The molecule has 0 radical (unpaired) electrons. The van der Waals surface area contributed by atoms with E-state index in [1.54, 1.807) is 6.92 Å². The zero-order valence-electron chi connectivity index (χ0n) is 17.2. The number of thioether (sulfide) groups is 1. The first kappa shape index (κ1) is 24.0. The molecule has 9 nitrogen and oxygen atoms in total. The van der Waals surface area contributed by atoms with E-state index in [0.717, 1.165) is 4.90 Å². The molecule has 0 aliphatic carbocycles. The van der Waals surface area contributed by atoms with Crippen LogP contribution in [-0.2, 0) is 14.3 Å². The maximum atomic E-state index is 12.6. The number of imide groups is 1. The number of hydrogen-bond acceptors (Lipinski definition) is 7. The van der Waals surface area contributed by atoms with E-state index in [2.05, 4.69) is 5.32 Å². The highest BCUT2D eigenvalue weighted by molar-refractivity contribution is 8.18. The molecule has 0 spiro atoms. The molecule has 1 saturated heterocycles. The number of ether oxygens (including phenoxy) is 1. The lowest BCUT2D eigenvalue weighted by Crippen LogP contribution is -2.36. The minimum absolute atomic E-state index is 0.0688. The van der Waals surface area contributed by atoms with E-state index < -0.39 is 35.5 Å². The van der Waals surface area contributed by atoms with Crippen LogP contribution in [0, 0.1) is 0 Å². The molecule has 3 amide bonds. The van der Waals surface area contributed by atoms with Gasteiger partial charge in [-0.15, -0.1) is 0 Å². The van der Waals surface area contributed by atoms with Gasteiger partial charge in [0, 0.05) is 5.69 Å². The molecule has 0 unspecified atom stereocenters. The quantitative estimate of drug-likeness (QED) is 0.443. The Morgan fingerprint density at radius 1 is 1.15 bits per heavy atom. The lowest BCUT2D eigenvalue weighted by molar-refractivity contribution is -0.127. The third kappa shape index (κ3) is 5.79. The normalized spacial score (nSPS) is 14.5. The monoisotopic (exact) mass is 488 g/mol. The first-order chi connectivity index (χ1) is 15.7. The van der Waals surface area contributed by atoms with Crippen LogP contribution in [0.4, 0.5) is 10.5 Å². The summed E-state index contributed by atoms with van der Waals surface area (Å²) in [6, 6.07) is 9.99. The highest BCUT2D eigenvalue weighted by Crippen LogP contribution is 2.32. The number of nitrogens with zero attached hydrogens (tertiary/aromatic N) is 1. The van der Waals surface area contributed by atoms with Gasteiger partial charge in [-0.25, -0.2) is 9.59 Å². The second-order valence-electron chi connectivity index (χ2n) is 6.66. The third-order valence-electron chi connectivity index (χ3n) is 4.38. The maximum absolute atomic E-state index is 12.6. The molecule has 2 aromatic carbocycles. The van der Waals surface area contributed by atoms with Crippen molar-refractivity contribution in [3.8, 4) is 0 Å². The minimum Gasteiger partial charge on any atom is -0.478 e. The Labute approximate surface area is 197 Å². The lowest BCUT2D eigenvalue weighted by Gasteiger charge is -2.13. The number of benzene rings is 2. The summed E-state index contributed by atoms with van der Waals surface area (Å²) in [4.78, 5) is 61.1. The smallest absolute Gasteiger partial charge is 0.339 e. The second kappa shape index (κ2) is 10.3. The van der Waals surface area contributed by atoms with Gasteiger partial charge in [0.1, 0.15) is 6.54 Å². The topological polar surface area (TPSA) is 130 Å². The van der Waals surface area contributed by atoms with Crippen molar-refractivity contribution >= 4 is 64.1 Å². The van der Waals surface area contributed by atoms with Crippen LogP contribution in [0.5, 0.6) is 0 Å². The van der Waals surface area contributed by atoms with Crippen LogP contribution in [0.3, 0.4) is 0 Å². The third-order valence-corrected chi connectivity index (χ3v) is 5.61. The number of aromatic carboxylic acids is 1. The van der Waals surface area contributed by atoms with Crippen LogP contribution in [0.1, 0.15) is 33.2 Å². The van der Waals surface area contributed by atoms with Crippen molar-refractivity contribution in [3.05, 3.63) is 69.1 Å². The van der Waals surface area contributed by atoms with E-state index in [1.807, 2.05) is 0 Å². The number of esters is 1. The highest BCUT2D eigenvalue weighted by Gasteiger charge is 2.36. The van der Waals surface area contributed by atoms with Gasteiger partial charge in [-0.1, -0.05) is 23.7 Å². The van der Waals surface area contributed by atoms with Crippen molar-refractivity contribution < 1.29 is 33.8 Å². The number of amides is 3.